The van der Waals surface area contributed by atoms with Gasteiger partial charge >= 0.3 is 0 Å². The second kappa shape index (κ2) is 5.72. The lowest BCUT2D eigenvalue weighted by atomic mass is 10.3. The number of anilines is 1. The Kier molecular flexibility index (Phi) is 4.02. The van der Waals surface area contributed by atoms with E-state index in [0.717, 1.165) is 5.69 Å². The van der Waals surface area contributed by atoms with E-state index in [1.54, 1.807) is 23.1 Å². The molecule has 1 heterocycles. The fraction of sp³-hybridized carbons (Fsp3) is 0.0833. The largest absolute Gasteiger partial charge is 0.325 e. The van der Waals surface area contributed by atoms with Crippen molar-refractivity contribution in [2.75, 3.05) is 11.1 Å². The minimum atomic E-state index is 0.0320. The van der Waals surface area contributed by atoms with E-state index in [9.17, 15) is 4.79 Å². The smallest absolute Gasteiger partial charge is 0.234 e. The van der Waals surface area contributed by atoms with Gasteiger partial charge in [0.2, 0.25) is 5.91 Å². The summed E-state index contributed by atoms with van der Waals surface area (Å²) in [5, 5.41) is 4.86. The molecule has 0 aliphatic heterocycles. The zero-order valence-electron chi connectivity index (χ0n) is 8.55. The number of hydrogen-bond acceptors (Lipinski definition) is 3. The van der Waals surface area contributed by atoms with Gasteiger partial charge in [0.15, 0.2) is 0 Å². The van der Waals surface area contributed by atoms with E-state index in [2.05, 4.69) is 5.32 Å². The summed E-state index contributed by atoms with van der Waals surface area (Å²) < 4.78 is 1.17. The maximum absolute atomic E-state index is 11.6. The number of nitrogens with one attached hydrogen (secondary N) is 1. The number of benzene rings is 1. The average Bonchev–Trinajstić information content (AvgIpc) is 2.81. The summed E-state index contributed by atoms with van der Waals surface area (Å²) >= 11 is 3.22. The third kappa shape index (κ3) is 3.40. The molecule has 82 valence electrons. The monoisotopic (exact) mass is 249 g/mol. The molecule has 1 N–H and O–H groups in total. The van der Waals surface area contributed by atoms with E-state index in [1.807, 2.05) is 47.8 Å². The van der Waals surface area contributed by atoms with Crippen molar-refractivity contribution in [2.45, 2.75) is 4.21 Å². The molecule has 0 aliphatic carbocycles. The molecule has 0 aliphatic rings. The zero-order valence-corrected chi connectivity index (χ0v) is 10.2. The number of hydrogen-bond donors (Lipinski definition) is 1. The Balaban J connectivity index is 1.81. The van der Waals surface area contributed by atoms with Crippen LogP contribution in [-0.2, 0) is 4.79 Å². The molecule has 0 unspecified atom stereocenters. The van der Waals surface area contributed by atoms with E-state index >= 15 is 0 Å². The Labute approximate surface area is 103 Å². The van der Waals surface area contributed by atoms with Crippen molar-refractivity contribution in [1.29, 1.82) is 0 Å². The van der Waals surface area contributed by atoms with E-state index in [-0.39, 0.29) is 5.91 Å². The number of carbonyl (C=O) groups is 1. The number of thioether (sulfide) groups is 1. The number of para-hydroxylation sites is 1. The van der Waals surface area contributed by atoms with E-state index < -0.39 is 0 Å². The first kappa shape index (κ1) is 11.2. The summed E-state index contributed by atoms with van der Waals surface area (Å²) in [7, 11) is 0. The quantitative estimate of drug-likeness (QED) is 0.840. The Hall–Kier alpha value is -1.26. The third-order valence-electron chi connectivity index (χ3n) is 1.90. The van der Waals surface area contributed by atoms with Gasteiger partial charge in [0.1, 0.15) is 0 Å². The fourth-order valence-electron chi connectivity index (χ4n) is 1.20. The summed E-state index contributed by atoms with van der Waals surface area (Å²) in [5.74, 6) is 0.486. The summed E-state index contributed by atoms with van der Waals surface area (Å²) in [6.45, 7) is 0. The van der Waals surface area contributed by atoms with E-state index in [0.29, 0.717) is 5.75 Å². The van der Waals surface area contributed by atoms with Gasteiger partial charge in [0.05, 0.1) is 9.96 Å². The van der Waals surface area contributed by atoms with E-state index in [4.69, 9.17) is 0 Å². The molecule has 1 amide bonds. The second-order valence-corrected chi connectivity index (χ2v) is 5.36. The molecule has 0 saturated heterocycles. The highest BCUT2D eigenvalue weighted by Crippen LogP contribution is 2.23. The standard InChI is InChI=1S/C12H11NOS2/c14-11(9-16-12-7-4-8-15-12)13-10-5-2-1-3-6-10/h1-8H,9H2,(H,13,14). The first-order valence-corrected chi connectivity index (χ1v) is 6.72. The minimum Gasteiger partial charge on any atom is -0.325 e. The normalized spacial score (nSPS) is 10.0. The summed E-state index contributed by atoms with van der Waals surface area (Å²) in [6.07, 6.45) is 0. The van der Waals surface area contributed by atoms with Crippen LogP contribution in [0.15, 0.2) is 52.1 Å². The SMILES string of the molecule is O=C(CSc1cccs1)Nc1ccccc1. The van der Waals surface area contributed by atoms with Crippen molar-refractivity contribution in [3.05, 3.63) is 47.8 Å². The number of thiophene rings is 1. The lowest BCUT2D eigenvalue weighted by Crippen LogP contribution is -2.13. The van der Waals surface area contributed by atoms with Crippen LogP contribution in [0.4, 0.5) is 5.69 Å². The molecule has 16 heavy (non-hydrogen) atoms. The third-order valence-corrected chi connectivity index (χ3v) is 4.03. The Morgan fingerprint density at radius 1 is 1.19 bits per heavy atom. The van der Waals surface area contributed by atoms with Crippen molar-refractivity contribution in [1.82, 2.24) is 0 Å². The molecule has 2 aromatic rings. The van der Waals surface area contributed by atoms with Gasteiger partial charge in [-0.2, -0.15) is 0 Å². The molecule has 4 heteroatoms. The van der Waals surface area contributed by atoms with Crippen LogP contribution in [0.25, 0.3) is 0 Å². The maximum Gasteiger partial charge on any atom is 0.234 e. The predicted molar refractivity (Wildman–Crippen MR) is 70.1 cm³/mol. The topological polar surface area (TPSA) is 29.1 Å². The molecular weight excluding hydrogens is 238 g/mol. The van der Waals surface area contributed by atoms with Gasteiger partial charge in [0.25, 0.3) is 0 Å². The highest BCUT2D eigenvalue weighted by Gasteiger charge is 2.03. The van der Waals surface area contributed by atoms with Gasteiger partial charge < -0.3 is 5.32 Å². The van der Waals surface area contributed by atoms with Crippen LogP contribution in [0.5, 0.6) is 0 Å². The fourth-order valence-corrected chi connectivity index (χ4v) is 2.79. The second-order valence-electron chi connectivity index (χ2n) is 3.13. The Morgan fingerprint density at radius 2 is 2.00 bits per heavy atom. The molecule has 0 bridgehead atoms. The molecule has 0 saturated carbocycles. The summed E-state index contributed by atoms with van der Waals surface area (Å²) in [5.41, 5.74) is 0.847. The van der Waals surface area contributed by atoms with Crippen LogP contribution in [0, 0.1) is 0 Å². The Morgan fingerprint density at radius 3 is 2.69 bits per heavy atom. The minimum absolute atomic E-state index is 0.0320. The van der Waals surface area contributed by atoms with Gasteiger partial charge in [-0.05, 0) is 23.6 Å². The van der Waals surface area contributed by atoms with Crippen LogP contribution in [0.3, 0.4) is 0 Å². The van der Waals surface area contributed by atoms with Crippen LogP contribution in [0.1, 0.15) is 0 Å². The van der Waals surface area contributed by atoms with Crippen molar-refractivity contribution < 1.29 is 4.79 Å². The molecular formula is C12H11NOS2. The van der Waals surface area contributed by atoms with Gasteiger partial charge in [-0.3, -0.25) is 4.79 Å². The van der Waals surface area contributed by atoms with Crippen LogP contribution >= 0.6 is 23.1 Å². The maximum atomic E-state index is 11.6. The lowest BCUT2D eigenvalue weighted by molar-refractivity contribution is -0.113. The molecule has 1 aromatic carbocycles. The molecule has 2 nitrogen and oxygen atoms in total. The van der Waals surface area contributed by atoms with Crippen LogP contribution in [-0.4, -0.2) is 11.7 Å². The first-order valence-electron chi connectivity index (χ1n) is 4.86. The molecule has 0 fully saturated rings. The van der Waals surface area contributed by atoms with Gasteiger partial charge in [0, 0.05) is 5.69 Å². The van der Waals surface area contributed by atoms with Crippen LogP contribution < -0.4 is 5.32 Å². The van der Waals surface area contributed by atoms with Crippen molar-refractivity contribution >= 4 is 34.7 Å². The van der Waals surface area contributed by atoms with Gasteiger partial charge in [-0.15, -0.1) is 23.1 Å². The predicted octanol–water partition coefficient (Wildman–Crippen LogP) is 3.48. The summed E-state index contributed by atoms with van der Waals surface area (Å²) in [4.78, 5) is 11.6. The molecule has 0 spiro atoms. The molecule has 0 atom stereocenters. The number of amides is 1. The summed E-state index contributed by atoms with van der Waals surface area (Å²) in [6, 6.07) is 13.5. The Bertz CT molecular complexity index is 439. The highest BCUT2D eigenvalue weighted by molar-refractivity contribution is 8.01. The van der Waals surface area contributed by atoms with Crippen molar-refractivity contribution in [3.8, 4) is 0 Å². The molecule has 2 rings (SSSR count). The van der Waals surface area contributed by atoms with E-state index in [1.165, 1.54) is 4.21 Å². The number of rotatable bonds is 4. The average molecular weight is 249 g/mol. The van der Waals surface area contributed by atoms with Gasteiger partial charge in [-0.1, -0.05) is 24.3 Å². The first-order chi connectivity index (χ1) is 7.84. The van der Waals surface area contributed by atoms with Crippen LogP contribution in [0.2, 0.25) is 0 Å². The highest BCUT2D eigenvalue weighted by atomic mass is 32.2. The lowest BCUT2D eigenvalue weighted by Gasteiger charge is -2.03. The number of carbonyl (C=O) groups excluding carboxylic acids is 1. The molecule has 1 aromatic heterocycles. The zero-order chi connectivity index (χ0) is 11.2. The molecule has 0 radical (unpaired) electrons. The van der Waals surface area contributed by atoms with Crippen molar-refractivity contribution in [2.24, 2.45) is 0 Å². The van der Waals surface area contributed by atoms with Crippen molar-refractivity contribution in [3.63, 3.8) is 0 Å². The van der Waals surface area contributed by atoms with Gasteiger partial charge in [-0.25, -0.2) is 0 Å².